The third-order valence-electron chi connectivity index (χ3n) is 3.80. The lowest BCUT2D eigenvalue weighted by Gasteiger charge is -2.23. The van der Waals surface area contributed by atoms with E-state index in [-0.39, 0.29) is 0 Å². The predicted molar refractivity (Wildman–Crippen MR) is 92.6 cm³/mol. The second-order valence-electron chi connectivity index (χ2n) is 5.88. The fourth-order valence-electron chi connectivity index (χ4n) is 2.43. The largest absolute Gasteiger partial charge is 0.491 e. The number of benzene rings is 1. The minimum absolute atomic E-state index is 0.295. The van der Waals surface area contributed by atoms with Crippen molar-refractivity contribution in [1.82, 2.24) is 9.88 Å². The smallest absolute Gasteiger partial charge is 0.122 e. The molecule has 4 nitrogen and oxygen atoms in total. The molecule has 1 unspecified atom stereocenters. The fourth-order valence-corrected chi connectivity index (χ4v) is 2.43. The highest BCUT2D eigenvalue weighted by atomic mass is 16.5. The fraction of sp³-hybridized carbons (Fsp3) is 0.421. The number of pyridine rings is 1. The van der Waals surface area contributed by atoms with Gasteiger partial charge < -0.3 is 9.84 Å². The van der Waals surface area contributed by atoms with Gasteiger partial charge in [0.15, 0.2) is 0 Å². The van der Waals surface area contributed by atoms with Crippen LogP contribution >= 0.6 is 0 Å². The van der Waals surface area contributed by atoms with Crippen molar-refractivity contribution >= 4 is 0 Å². The van der Waals surface area contributed by atoms with Crippen LogP contribution in [-0.2, 0) is 6.54 Å². The summed E-state index contributed by atoms with van der Waals surface area (Å²) in [6, 6.07) is 12.0. The van der Waals surface area contributed by atoms with Crippen LogP contribution in [0.3, 0.4) is 0 Å². The third kappa shape index (κ3) is 5.66. The van der Waals surface area contributed by atoms with Crippen molar-refractivity contribution in [1.29, 1.82) is 0 Å². The number of aliphatic hydroxyl groups is 1. The van der Waals surface area contributed by atoms with E-state index in [4.69, 9.17) is 4.74 Å². The maximum absolute atomic E-state index is 10.3. The second-order valence-corrected chi connectivity index (χ2v) is 5.88. The molecule has 0 saturated carbocycles. The molecule has 0 saturated heterocycles. The number of aliphatic hydroxyl groups excluding tert-OH is 1. The van der Waals surface area contributed by atoms with Crippen molar-refractivity contribution in [3.8, 4) is 5.75 Å². The summed E-state index contributed by atoms with van der Waals surface area (Å²) in [6.45, 7) is 8.59. The summed E-state index contributed by atoms with van der Waals surface area (Å²) in [4.78, 5) is 6.50. The Morgan fingerprint density at radius 3 is 2.74 bits per heavy atom. The normalized spacial score (nSPS) is 12.4. The number of aromatic nitrogens is 1. The SMILES string of the molecule is CCN(Cc1ccccn1)CC(O)COc1cc(C)ccc1C. The van der Waals surface area contributed by atoms with Crippen LogP contribution in [0.4, 0.5) is 0 Å². The van der Waals surface area contributed by atoms with E-state index >= 15 is 0 Å². The van der Waals surface area contributed by atoms with Gasteiger partial charge in [0.25, 0.3) is 0 Å². The molecule has 0 aliphatic carbocycles. The molecule has 2 aromatic rings. The molecular weight excluding hydrogens is 288 g/mol. The van der Waals surface area contributed by atoms with Crippen LogP contribution in [0.15, 0.2) is 42.6 Å². The van der Waals surface area contributed by atoms with Crippen molar-refractivity contribution in [2.45, 2.75) is 33.4 Å². The summed E-state index contributed by atoms with van der Waals surface area (Å²) in [5.74, 6) is 0.844. The van der Waals surface area contributed by atoms with Crippen molar-refractivity contribution in [2.24, 2.45) is 0 Å². The maximum atomic E-state index is 10.3. The molecule has 0 radical (unpaired) electrons. The van der Waals surface area contributed by atoms with E-state index in [0.717, 1.165) is 35.7 Å². The van der Waals surface area contributed by atoms with Crippen LogP contribution in [0.2, 0.25) is 0 Å². The zero-order chi connectivity index (χ0) is 16.7. The average molecular weight is 314 g/mol. The molecular formula is C19H26N2O2. The van der Waals surface area contributed by atoms with Crippen LogP contribution in [0.5, 0.6) is 5.75 Å². The van der Waals surface area contributed by atoms with E-state index < -0.39 is 6.10 Å². The molecule has 1 heterocycles. The number of aryl methyl sites for hydroxylation is 2. The van der Waals surface area contributed by atoms with E-state index in [1.165, 1.54) is 0 Å². The number of ether oxygens (including phenoxy) is 1. The highest BCUT2D eigenvalue weighted by Gasteiger charge is 2.13. The zero-order valence-corrected chi connectivity index (χ0v) is 14.2. The molecule has 0 fully saturated rings. The second kappa shape index (κ2) is 8.65. The van der Waals surface area contributed by atoms with Crippen LogP contribution in [0, 0.1) is 13.8 Å². The molecule has 1 atom stereocenters. The summed E-state index contributed by atoms with van der Waals surface area (Å²) in [5, 5.41) is 10.3. The first-order valence-corrected chi connectivity index (χ1v) is 8.09. The summed E-state index contributed by atoms with van der Waals surface area (Å²) < 4.78 is 5.78. The van der Waals surface area contributed by atoms with Gasteiger partial charge in [-0.3, -0.25) is 9.88 Å². The van der Waals surface area contributed by atoms with Crippen molar-refractivity contribution in [3.05, 3.63) is 59.4 Å². The minimum Gasteiger partial charge on any atom is -0.491 e. The molecule has 1 N–H and O–H groups in total. The van der Waals surface area contributed by atoms with E-state index in [9.17, 15) is 5.11 Å². The van der Waals surface area contributed by atoms with Gasteiger partial charge in [0.1, 0.15) is 18.5 Å². The summed E-state index contributed by atoms with van der Waals surface area (Å²) in [5.41, 5.74) is 3.26. The molecule has 0 aliphatic rings. The molecule has 0 spiro atoms. The Kier molecular flexibility index (Phi) is 6.56. The molecule has 1 aromatic carbocycles. The Balaban J connectivity index is 1.85. The number of hydrogen-bond acceptors (Lipinski definition) is 4. The monoisotopic (exact) mass is 314 g/mol. The first-order chi connectivity index (χ1) is 11.1. The number of nitrogens with zero attached hydrogens (tertiary/aromatic N) is 2. The van der Waals surface area contributed by atoms with Crippen LogP contribution in [0.1, 0.15) is 23.7 Å². The van der Waals surface area contributed by atoms with Crippen molar-refractivity contribution < 1.29 is 9.84 Å². The van der Waals surface area contributed by atoms with Gasteiger partial charge in [0, 0.05) is 19.3 Å². The first-order valence-electron chi connectivity index (χ1n) is 8.09. The summed E-state index contributed by atoms with van der Waals surface area (Å²) in [6.07, 6.45) is 1.27. The van der Waals surface area contributed by atoms with Gasteiger partial charge in [0.05, 0.1) is 5.69 Å². The van der Waals surface area contributed by atoms with Gasteiger partial charge in [-0.15, -0.1) is 0 Å². The van der Waals surface area contributed by atoms with E-state index in [0.29, 0.717) is 13.2 Å². The molecule has 23 heavy (non-hydrogen) atoms. The molecule has 1 aromatic heterocycles. The Labute approximate surface area is 138 Å². The highest BCUT2D eigenvalue weighted by molar-refractivity contribution is 5.35. The number of hydrogen-bond donors (Lipinski definition) is 1. The quantitative estimate of drug-likeness (QED) is 0.814. The van der Waals surface area contributed by atoms with Gasteiger partial charge >= 0.3 is 0 Å². The van der Waals surface area contributed by atoms with E-state index in [1.54, 1.807) is 6.20 Å². The molecule has 0 amide bonds. The molecule has 2 rings (SSSR count). The predicted octanol–water partition coefficient (Wildman–Crippen LogP) is 2.96. The number of likely N-dealkylation sites (N-methyl/N-ethyl adjacent to an activating group) is 1. The van der Waals surface area contributed by atoms with E-state index in [2.05, 4.69) is 22.9 Å². The van der Waals surface area contributed by atoms with Crippen molar-refractivity contribution in [2.75, 3.05) is 19.7 Å². The van der Waals surface area contributed by atoms with Gasteiger partial charge in [-0.1, -0.05) is 25.1 Å². The molecule has 4 heteroatoms. The van der Waals surface area contributed by atoms with Crippen LogP contribution < -0.4 is 4.74 Å². The number of rotatable bonds is 8. The zero-order valence-electron chi connectivity index (χ0n) is 14.2. The van der Waals surface area contributed by atoms with E-state index in [1.807, 2.05) is 44.2 Å². The summed E-state index contributed by atoms with van der Waals surface area (Å²) in [7, 11) is 0. The first kappa shape index (κ1) is 17.4. The Morgan fingerprint density at radius 1 is 1.22 bits per heavy atom. The lowest BCUT2D eigenvalue weighted by Crippen LogP contribution is -2.35. The summed E-state index contributed by atoms with van der Waals surface area (Å²) >= 11 is 0. The van der Waals surface area contributed by atoms with Gasteiger partial charge in [-0.05, 0) is 49.7 Å². The average Bonchev–Trinajstić information content (AvgIpc) is 2.56. The maximum Gasteiger partial charge on any atom is 0.122 e. The van der Waals surface area contributed by atoms with Gasteiger partial charge in [-0.2, -0.15) is 0 Å². The van der Waals surface area contributed by atoms with Crippen molar-refractivity contribution in [3.63, 3.8) is 0 Å². The lowest BCUT2D eigenvalue weighted by atomic mass is 10.1. The molecule has 0 aliphatic heterocycles. The topological polar surface area (TPSA) is 45.6 Å². The van der Waals surface area contributed by atoms with Crippen LogP contribution in [0.25, 0.3) is 0 Å². The minimum atomic E-state index is -0.529. The Bertz CT molecular complexity index is 602. The highest BCUT2D eigenvalue weighted by Crippen LogP contribution is 2.19. The Hall–Kier alpha value is -1.91. The van der Waals surface area contributed by atoms with Gasteiger partial charge in [0.2, 0.25) is 0 Å². The molecule has 124 valence electrons. The van der Waals surface area contributed by atoms with Gasteiger partial charge in [-0.25, -0.2) is 0 Å². The third-order valence-corrected chi connectivity index (χ3v) is 3.80. The molecule has 0 bridgehead atoms. The lowest BCUT2D eigenvalue weighted by molar-refractivity contribution is 0.0668. The standard InChI is InChI=1S/C19H26N2O2/c1-4-21(12-17-7-5-6-10-20-17)13-18(22)14-23-19-11-15(2)8-9-16(19)3/h5-11,18,22H,4,12-14H2,1-3H3. The Morgan fingerprint density at radius 2 is 2.04 bits per heavy atom. The van der Waals surface area contributed by atoms with Crippen LogP contribution in [-0.4, -0.2) is 40.8 Å².